The molecule has 0 saturated heterocycles. The summed E-state index contributed by atoms with van der Waals surface area (Å²) in [6.07, 6.45) is 12.8. The Bertz CT molecular complexity index is 687. The highest BCUT2D eigenvalue weighted by atomic mass is 16.3. The molecule has 0 atom stereocenters. The molecule has 0 heterocycles. The fraction of sp³-hybridized carbons (Fsp3) is 0.500. The average molecular weight is 351 g/mol. The highest BCUT2D eigenvalue weighted by Gasteiger charge is 2.20. The van der Waals surface area contributed by atoms with E-state index in [1.807, 2.05) is 12.1 Å². The Balaban J connectivity index is 1.69. The van der Waals surface area contributed by atoms with Crippen molar-refractivity contribution in [3.05, 3.63) is 47.5 Å². The summed E-state index contributed by atoms with van der Waals surface area (Å²) in [7, 11) is 0. The van der Waals surface area contributed by atoms with Crippen LogP contribution in [0.1, 0.15) is 87.2 Å². The summed E-state index contributed by atoms with van der Waals surface area (Å²) in [5, 5.41) is 21.0. The van der Waals surface area contributed by atoms with Crippen molar-refractivity contribution in [3.8, 4) is 22.6 Å². The zero-order valence-electron chi connectivity index (χ0n) is 15.6. The van der Waals surface area contributed by atoms with Crippen LogP contribution in [0, 0.1) is 0 Å². The fourth-order valence-electron chi connectivity index (χ4n) is 4.92. The van der Waals surface area contributed by atoms with Crippen LogP contribution in [0.15, 0.2) is 36.4 Å². The smallest absolute Gasteiger partial charge is 0.123 e. The first-order valence-electron chi connectivity index (χ1n) is 10.4. The Morgan fingerprint density at radius 1 is 0.538 bits per heavy atom. The van der Waals surface area contributed by atoms with Gasteiger partial charge in [0.1, 0.15) is 11.5 Å². The highest BCUT2D eigenvalue weighted by molar-refractivity contribution is 5.76. The molecule has 0 spiro atoms. The molecule has 0 aliphatic heterocycles. The maximum atomic E-state index is 10.5. The van der Waals surface area contributed by atoms with E-state index in [0.717, 1.165) is 11.1 Å². The number of phenolic OH excluding ortho intramolecular Hbond substituents is 2. The molecule has 0 amide bonds. The molecule has 2 saturated carbocycles. The lowest BCUT2D eigenvalue weighted by Gasteiger charge is -2.24. The molecule has 0 bridgehead atoms. The van der Waals surface area contributed by atoms with Gasteiger partial charge in [-0.15, -0.1) is 0 Å². The molecule has 4 rings (SSSR count). The van der Waals surface area contributed by atoms with Crippen molar-refractivity contribution in [1.29, 1.82) is 0 Å². The van der Waals surface area contributed by atoms with Crippen LogP contribution in [-0.2, 0) is 0 Å². The summed E-state index contributed by atoms with van der Waals surface area (Å²) in [6, 6.07) is 12.0. The topological polar surface area (TPSA) is 40.5 Å². The average Bonchev–Trinajstić information content (AvgIpc) is 2.70. The van der Waals surface area contributed by atoms with Gasteiger partial charge in [0.25, 0.3) is 0 Å². The predicted octanol–water partition coefficient (Wildman–Crippen LogP) is 6.86. The zero-order valence-corrected chi connectivity index (χ0v) is 15.6. The molecule has 2 aliphatic rings. The van der Waals surface area contributed by atoms with Gasteiger partial charge in [-0.3, -0.25) is 0 Å². The molecular formula is C24H30O2. The second-order valence-electron chi connectivity index (χ2n) is 8.22. The van der Waals surface area contributed by atoms with Gasteiger partial charge in [0.15, 0.2) is 0 Å². The number of phenols is 2. The first-order valence-corrected chi connectivity index (χ1v) is 10.4. The molecule has 2 N–H and O–H groups in total. The maximum Gasteiger partial charge on any atom is 0.123 e. The molecule has 0 aromatic heterocycles. The molecule has 2 aliphatic carbocycles. The van der Waals surface area contributed by atoms with Crippen LogP contribution in [0.5, 0.6) is 11.5 Å². The van der Waals surface area contributed by atoms with Gasteiger partial charge in [-0.25, -0.2) is 0 Å². The summed E-state index contributed by atoms with van der Waals surface area (Å²) in [5.41, 5.74) is 4.17. The zero-order chi connectivity index (χ0) is 17.9. The molecule has 138 valence electrons. The second kappa shape index (κ2) is 7.73. The van der Waals surface area contributed by atoms with Gasteiger partial charge < -0.3 is 10.2 Å². The van der Waals surface area contributed by atoms with E-state index in [-0.39, 0.29) is 11.5 Å². The van der Waals surface area contributed by atoms with Crippen LogP contribution in [0.25, 0.3) is 11.1 Å². The van der Waals surface area contributed by atoms with E-state index in [0.29, 0.717) is 11.8 Å². The predicted molar refractivity (Wildman–Crippen MR) is 107 cm³/mol. The SMILES string of the molecule is Oc1ccc(C2CCCCC2)cc1-c1cc(C2CCCCC2)ccc1O. The van der Waals surface area contributed by atoms with Gasteiger partial charge in [0.2, 0.25) is 0 Å². The van der Waals surface area contributed by atoms with E-state index in [4.69, 9.17) is 0 Å². The van der Waals surface area contributed by atoms with Crippen molar-refractivity contribution in [1.82, 2.24) is 0 Å². The first kappa shape index (κ1) is 17.5. The lowest BCUT2D eigenvalue weighted by Crippen LogP contribution is -2.05. The molecule has 26 heavy (non-hydrogen) atoms. The number of hydrogen-bond acceptors (Lipinski definition) is 2. The van der Waals surface area contributed by atoms with Crippen LogP contribution in [0.4, 0.5) is 0 Å². The van der Waals surface area contributed by atoms with Crippen LogP contribution in [0.3, 0.4) is 0 Å². The third-order valence-electron chi connectivity index (χ3n) is 6.48. The van der Waals surface area contributed by atoms with Crippen LogP contribution in [-0.4, -0.2) is 10.2 Å². The molecule has 2 nitrogen and oxygen atoms in total. The van der Waals surface area contributed by atoms with E-state index in [9.17, 15) is 10.2 Å². The lowest BCUT2D eigenvalue weighted by molar-refractivity contribution is 0.440. The van der Waals surface area contributed by atoms with Crippen molar-refractivity contribution < 1.29 is 10.2 Å². The van der Waals surface area contributed by atoms with Crippen molar-refractivity contribution in [3.63, 3.8) is 0 Å². The lowest BCUT2D eigenvalue weighted by atomic mass is 9.81. The molecule has 2 aromatic carbocycles. The van der Waals surface area contributed by atoms with Crippen LogP contribution >= 0.6 is 0 Å². The Kier molecular flexibility index (Phi) is 5.19. The fourth-order valence-corrected chi connectivity index (χ4v) is 4.92. The monoisotopic (exact) mass is 350 g/mol. The van der Waals surface area contributed by atoms with E-state index in [1.54, 1.807) is 0 Å². The minimum Gasteiger partial charge on any atom is -0.507 e. The third-order valence-corrected chi connectivity index (χ3v) is 6.48. The van der Waals surface area contributed by atoms with Gasteiger partial charge in [-0.1, -0.05) is 50.7 Å². The van der Waals surface area contributed by atoms with E-state index >= 15 is 0 Å². The van der Waals surface area contributed by atoms with Crippen LogP contribution in [0.2, 0.25) is 0 Å². The van der Waals surface area contributed by atoms with E-state index < -0.39 is 0 Å². The Labute approximate surface area is 156 Å². The highest BCUT2D eigenvalue weighted by Crippen LogP contribution is 2.42. The Hall–Kier alpha value is -1.96. The largest absolute Gasteiger partial charge is 0.507 e. The van der Waals surface area contributed by atoms with Crippen molar-refractivity contribution >= 4 is 0 Å². The van der Waals surface area contributed by atoms with Gasteiger partial charge in [-0.2, -0.15) is 0 Å². The summed E-state index contributed by atoms with van der Waals surface area (Å²) in [6.45, 7) is 0. The summed E-state index contributed by atoms with van der Waals surface area (Å²) >= 11 is 0. The number of benzene rings is 2. The van der Waals surface area contributed by atoms with E-state index in [1.165, 1.54) is 75.3 Å². The van der Waals surface area contributed by atoms with Crippen molar-refractivity contribution in [2.75, 3.05) is 0 Å². The number of hydrogen-bond donors (Lipinski definition) is 2. The standard InChI is InChI=1S/C24H30O2/c25-23-13-11-19(17-7-3-1-4-8-17)15-21(23)22-16-20(12-14-24(22)26)18-9-5-2-6-10-18/h11-18,25-26H,1-10H2. The summed E-state index contributed by atoms with van der Waals surface area (Å²) in [4.78, 5) is 0. The number of aromatic hydroxyl groups is 2. The Morgan fingerprint density at radius 2 is 0.923 bits per heavy atom. The molecule has 0 unspecified atom stereocenters. The summed E-state index contributed by atoms with van der Waals surface area (Å²) < 4.78 is 0. The van der Waals surface area contributed by atoms with E-state index in [2.05, 4.69) is 24.3 Å². The Morgan fingerprint density at radius 3 is 1.31 bits per heavy atom. The van der Waals surface area contributed by atoms with Crippen LogP contribution < -0.4 is 0 Å². The van der Waals surface area contributed by atoms with Gasteiger partial charge in [0, 0.05) is 11.1 Å². The maximum absolute atomic E-state index is 10.5. The molecule has 2 aromatic rings. The first-order chi connectivity index (χ1) is 12.7. The number of rotatable bonds is 3. The molecule has 0 radical (unpaired) electrons. The summed E-state index contributed by atoms with van der Waals surface area (Å²) in [5.74, 6) is 1.71. The molecular weight excluding hydrogens is 320 g/mol. The minimum absolute atomic E-state index is 0.264. The molecule has 2 heteroatoms. The minimum atomic E-state index is 0.264. The van der Waals surface area contributed by atoms with Gasteiger partial charge in [0.05, 0.1) is 0 Å². The van der Waals surface area contributed by atoms with Crippen molar-refractivity contribution in [2.45, 2.75) is 76.0 Å². The quantitative estimate of drug-likeness (QED) is 0.635. The molecule has 2 fully saturated rings. The van der Waals surface area contributed by atoms with Gasteiger partial charge >= 0.3 is 0 Å². The second-order valence-corrected chi connectivity index (χ2v) is 8.22. The van der Waals surface area contributed by atoms with Crippen molar-refractivity contribution in [2.24, 2.45) is 0 Å². The van der Waals surface area contributed by atoms with Gasteiger partial charge in [-0.05, 0) is 72.9 Å². The normalized spacial score (nSPS) is 19.5. The third kappa shape index (κ3) is 3.60.